The van der Waals surface area contributed by atoms with E-state index in [2.05, 4.69) is 18.2 Å². The van der Waals surface area contributed by atoms with Gasteiger partial charge in [0.2, 0.25) is 5.91 Å². The Bertz CT molecular complexity index is 355. The molecule has 1 amide bonds. The van der Waals surface area contributed by atoms with Crippen molar-refractivity contribution in [2.24, 2.45) is 17.8 Å². The predicted molar refractivity (Wildman–Crippen MR) is 50.0 cm³/mol. The second kappa shape index (κ2) is 2.60. The van der Waals surface area contributed by atoms with Crippen molar-refractivity contribution in [2.75, 3.05) is 6.54 Å². The van der Waals surface area contributed by atoms with E-state index in [1.807, 2.05) is 0 Å². The molecule has 0 aromatic carbocycles. The number of carbonyl (C=O) groups is 1. The van der Waals surface area contributed by atoms with E-state index >= 15 is 0 Å². The highest BCUT2D eigenvalue weighted by molar-refractivity contribution is 5.83. The first-order valence-corrected chi connectivity index (χ1v) is 5.18. The molecule has 0 aromatic heterocycles. The van der Waals surface area contributed by atoms with E-state index in [1.54, 1.807) is 4.90 Å². The number of allylic oxidation sites excluding steroid dienone is 2. The fourth-order valence-electron chi connectivity index (χ4n) is 2.77. The maximum absolute atomic E-state index is 11.9. The molecule has 3 aliphatic rings. The van der Waals surface area contributed by atoms with Crippen LogP contribution in [0.3, 0.4) is 0 Å². The molecule has 0 spiro atoms. The van der Waals surface area contributed by atoms with E-state index in [4.69, 9.17) is 5.26 Å². The van der Waals surface area contributed by atoms with Crippen LogP contribution in [0.4, 0.5) is 0 Å². The fourth-order valence-corrected chi connectivity index (χ4v) is 2.77. The Morgan fingerprint density at radius 1 is 1.43 bits per heavy atom. The normalized spacial score (nSPS) is 42.6. The summed E-state index contributed by atoms with van der Waals surface area (Å²) in [5.41, 5.74) is 0. The number of hydrogen-bond acceptors (Lipinski definition) is 2. The van der Waals surface area contributed by atoms with Gasteiger partial charge in [0.15, 0.2) is 0 Å². The first-order chi connectivity index (χ1) is 6.79. The molecule has 1 heterocycles. The molecular weight excluding hydrogens is 176 g/mol. The van der Waals surface area contributed by atoms with E-state index in [0.717, 1.165) is 12.8 Å². The molecule has 0 N–H and O–H groups in total. The molecule has 3 nitrogen and oxygen atoms in total. The smallest absolute Gasteiger partial charge is 0.227 e. The minimum Gasteiger partial charge on any atom is -0.321 e. The summed E-state index contributed by atoms with van der Waals surface area (Å²) in [7, 11) is 0. The highest BCUT2D eigenvalue weighted by Crippen LogP contribution is 2.45. The summed E-state index contributed by atoms with van der Waals surface area (Å²) in [6, 6.07) is 2.00. The molecule has 1 saturated carbocycles. The Labute approximate surface area is 83.0 Å². The topological polar surface area (TPSA) is 43.9 Å². The maximum Gasteiger partial charge on any atom is 0.227 e. The molecule has 14 heavy (non-hydrogen) atoms. The fraction of sp³-hybridized carbons (Fsp3) is 0.636. The summed E-state index contributed by atoms with van der Waals surface area (Å²) in [4.78, 5) is 13.6. The Morgan fingerprint density at radius 2 is 2.29 bits per heavy atom. The average Bonchev–Trinajstić information content (AvgIpc) is 2.70. The third-order valence-corrected chi connectivity index (χ3v) is 3.64. The van der Waals surface area contributed by atoms with Crippen LogP contribution in [-0.2, 0) is 4.79 Å². The molecule has 2 aliphatic carbocycles. The van der Waals surface area contributed by atoms with Gasteiger partial charge in [-0.2, -0.15) is 5.26 Å². The van der Waals surface area contributed by atoms with Crippen LogP contribution in [0.25, 0.3) is 0 Å². The number of nitriles is 1. The van der Waals surface area contributed by atoms with Crippen molar-refractivity contribution in [1.29, 1.82) is 5.26 Å². The lowest BCUT2D eigenvalue weighted by atomic mass is 9.93. The predicted octanol–water partition coefficient (Wildman–Crippen LogP) is 0.933. The third kappa shape index (κ3) is 1.00. The maximum atomic E-state index is 11.9. The van der Waals surface area contributed by atoms with Gasteiger partial charge in [0.05, 0.1) is 12.6 Å². The Hall–Kier alpha value is -1.30. The molecule has 2 fully saturated rings. The summed E-state index contributed by atoms with van der Waals surface area (Å²) in [6.07, 6.45) is 6.58. The van der Waals surface area contributed by atoms with Crippen molar-refractivity contribution in [3.8, 4) is 6.07 Å². The van der Waals surface area contributed by atoms with Gasteiger partial charge < -0.3 is 4.90 Å². The highest BCUT2D eigenvalue weighted by atomic mass is 16.2. The minimum absolute atomic E-state index is 0.120. The lowest BCUT2D eigenvalue weighted by Gasteiger charge is -2.16. The van der Waals surface area contributed by atoms with Crippen molar-refractivity contribution < 1.29 is 4.79 Å². The number of fused-ring (bicyclic) bond motifs is 2. The molecule has 4 atom stereocenters. The second-order valence-corrected chi connectivity index (χ2v) is 4.52. The molecule has 72 valence electrons. The number of rotatable bonds is 1. The van der Waals surface area contributed by atoms with Gasteiger partial charge in [-0.15, -0.1) is 0 Å². The van der Waals surface area contributed by atoms with Gasteiger partial charge >= 0.3 is 0 Å². The number of carbonyl (C=O) groups excluding carboxylic acids is 1. The summed E-state index contributed by atoms with van der Waals surface area (Å²) < 4.78 is 0. The monoisotopic (exact) mass is 188 g/mol. The van der Waals surface area contributed by atoms with Gasteiger partial charge in [-0.05, 0) is 24.7 Å². The molecule has 3 heteroatoms. The number of hydrogen-bond donors (Lipinski definition) is 0. The highest BCUT2D eigenvalue weighted by Gasteiger charge is 2.47. The minimum atomic E-state index is -0.120. The Morgan fingerprint density at radius 3 is 2.79 bits per heavy atom. The van der Waals surface area contributed by atoms with Crippen molar-refractivity contribution >= 4 is 5.91 Å². The molecule has 0 radical (unpaired) electrons. The first kappa shape index (κ1) is 8.05. The standard InChI is InChI=1S/C11H12N2O/c12-5-9-6-13(9)11(14)10-4-7-1-2-8(10)3-7/h1-2,7-10H,3-4,6H2. The van der Waals surface area contributed by atoms with Gasteiger partial charge in [-0.1, -0.05) is 12.2 Å². The van der Waals surface area contributed by atoms with Crippen LogP contribution in [0, 0.1) is 29.1 Å². The SMILES string of the molecule is N#CC1CN1C(=O)C1CC2C=CC1C2. The van der Waals surface area contributed by atoms with Gasteiger partial charge in [0.1, 0.15) is 6.04 Å². The largest absolute Gasteiger partial charge is 0.321 e. The lowest BCUT2D eigenvalue weighted by Crippen LogP contribution is -2.26. The first-order valence-electron chi connectivity index (χ1n) is 5.18. The zero-order valence-corrected chi connectivity index (χ0v) is 7.89. The van der Waals surface area contributed by atoms with Gasteiger partial charge in [-0.25, -0.2) is 0 Å². The lowest BCUT2D eigenvalue weighted by molar-refractivity contribution is -0.130. The van der Waals surface area contributed by atoms with Crippen LogP contribution in [0.2, 0.25) is 0 Å². The Kier molecular flexibility index (Phi) is 1.49. The van der Waals surface area contributed by atoms with Crippen molar-refractivity contribution in [3.05, 3.63) is 12.2 Å². The molecule has 1 saturated heterocycles. The summed E-state index contributed by atoms with van der Waals surface area (Å²) >= 11 is 0. The zero-order chi connectivity index (χ0) is 9.71. The molecule has 4 unspecified atom stereocenters. The van der Waals surface area contributed by atoms with Crippen LogP contribution in [0.15, 0.2) is 12.2 Å². The van der Waals surface area contributed by atoms with Gasteiger partial charge in [-0.3, -0.25) is 4.79 Å². The van der Waals surface area contributed by atoms with Crippen LogP contribution < -0.4 is 0 Å². The molecular formula is C11H12N2O. The van der Waals surface area contributed by atoms with Crippen LogP contribution in [0.1, 0.15) is 12.8 Å². The second-order valence-electron chi connectivity index (χ2n) is 4.52. The number of nitrogens with zero attached hydrogens (tertiary/aromatic N) is 2. The number of amides is 1. The van der Waals surface area contributed by atoms with Crippen LogP contribution >= 0.6 is 0 Å². The molecule has 1 aliphatic heterocycles. The average molecular weight is 188 g/mol. The zero-order valence-electron chi connectivity index (χ0n) is 7.89. The third-order valence-electron chi connectivity index (χ3n) is 3.64. The van der Waals surface area contributed by atoms with E-state index in [-0.39, 0.29) is 17.9 Å². The quantitative estimate of drug-likeness (QED) is 0.454. The summed E-state index contributed by atoms with van der Waals surface area (Å²) in [5, 5.41) is 8.64. The van der Waals surface area contributed by atoms with E-state index in [0.29, 0.717) is 18.4 Å². The van der Waals surface area contributed by atoms with Gasteiger partial charge in [0, 0.05) is 5.92 Å². The summed E-state index contributed by atoms with van der Waals surface area (Å²) in [5.74, 6) is 1.50. The van der Waals surface area contributed by atoms with Crippen molar-refractivity contribution in [2.45, 2.75) is 18.9 Å². The van der Waals surface area contributed by atoms with Crippen molar-refractivity contribution in [3.63, 3.8) is 0 Å². The van der Waals surface area contributed by atoms with E-state index < -0.39 is 0 Å². The van der Waals surface area contributed by atoms with Crippen LogP contribution in [0.5, 0.6) is 0 Å². The molecule has 2 bridgehead atoms. The Balaban J connectivity index is 1.70. The van der Waals surface area contributed by atoms with E-state index in [1.165, 1.54) is 0 Å². The van der Waals surface area contributed by atoms with Crippen LogP contribution in [-0.4, -0.2) is 23.4 Å². The van der Waals surface area contributed by atoms with Gasteiger partial charge in [0.25, 0.3) is 0 Å². The summed E-state index contributed by atoms with van der Waals surface area (Å²) in [6.45, 7) is 0.660. The van der Waals surface area contributed by atoms with Crippen molar-refractivity contribution in [1.82, 2.24) is 4.90 Å². The molecule has 3 rings (SSSR count). The van der Waals surface area contributed by atoms with E-state index in [9.17, 15) is 4.79 Å². The molecule has 0 aromatic rings.